The number of rotatable bonds is 9. The SMILES string of the molecule is CCOc1ccc(-c2nc(NC(=O)CCCOc3ccccc3)sc2C)cc1. The van der Waals surface area contributed by atoms with Crippen LogP contribution >= 0.6 is 11.3 Å². The number of benzene rings is 2. The van der Waals surface area contributed by atoms with Crippen molar-refractivity contribution >= 4 is 22.4 Å². The molecule has 0 saturated carbocycles. The number of amides is 1. The van der Waals surface area contributed by atoms with Gasteiger partial charge in [0.25, 0.3) is 0 Å². The molecule has 0 bridgehead atoms. The average Bonchev–Trinajstić information content (AvgIpc) is 3.07. The number of aromatic nitrogens is 1. The normalized spacial score (nSPS) is 10.5. The van der Waals surface area contributed by atoms with E-state index in [2.05, 4.69) is 10.3 Å². The van der Waals surface area contributed by atoms with Gasteiger partial charge in [-0.15, -0.1) is 11.3 Å². The molecule has 3 rings (SSSR count). The zero-order chi connectivity index (χ0) is 19.8. The molecule has 0 aliphatic rings. The molecule has 146 valence electrons. The molecule has 6 heteroatoms. The standard InChI is InChI=1S/C22H24N2O3S/c1-3-26-19-13-11-17(12-14-19)21-16(2)28-22(24-21)23-20(25)10-7-15-27-18-8-5-4-6-9-18/h4-6,8-9,11-14H,3,7,10,15H2,1-2H3,(H,23,24,25). The minimum atomic E-state index is -0.0522. The van der Waals surface area contributed by atoms with Crippen LogP contribution in [0.3, 0.4) is 0 Å². The molecule has 0 unspecified atom stereocenters. The van der Waals surface area contributed by atoms with Gasteiger partial charge in [-0.25, -0.2) is 4.98 Å². The van der Waals surface area contributed by atoms with Gasteiger partial charge >= 0.3 is 0 Å². The largest absolute Gasteiger partial charge is 0.494 e. The molecule has 1 N–H and O–H groups in total. The van der Waals surface area contributed by atoms with Gasteiger partial charge in [-0.1, -0.05) is 18.2 Å². The van der Waals surface area contributed by atoms with Gasteiger partial charge in [0, 0.05) is 16.9 Å². The van der Waals surface area contributed by atoms with Gasteiger partial charge in [-0.3, -0.25) is 4.79 Å². The van der Waals surface area contributed by atoms with Crippen LogP contribution in [0.4, 0.5) is 5.13 Å². The summed E-state index contributed by atoms with van der Waals surface area (Å²) in [5.41, 5.74) is 1.89. The zero-order valence-electron chi connectivity index (χ0n) is 16.1. The first-order valence-electron chi connectivity index (χ1n) is 9.34. The molecule has 1 amide bonds. The number of nitrogens with one attached hydrogen (secondary N) is 1. The van der Waals surface area contributed by atoms with E-state index in [0.717, 1.165) is 27.6 Å². The highest BCUT2D eigenvalue weighted by Crippen LogP contribution is 2.31. The van der Waals surface area contributed by atoms with Crippen LogP contribution in [0.25, 0.3) is 11.3 Å². The van der Waals surface area contributed by atoms with E-state index in [-0.39, 0.29) is 5.91 Å². The topological polar surface area (TPSA) is 60.5 Å². The van der Waals surface area contributed by atoms with E-state index in [0.29, 0.717) is 31.2 Å². The van der Waals surface area contributed by atoms with Crippen LogP contribution in [-0.2, 0) is 4.79 Å². The lowest BCUT2D eigenvalue weighted by atomic mass is 10.1. The third-order valence-electron chi connectivity index (χ3n) is 4.04. The van der Waals surface area contributed by atoms with Crippen molar-refractivity contribution in [2.24, 2.45) is 0 Å². The highest BCUT2D eigenvalue weighted by atomic mass is 32.1. The van der Waals surface area contributed by atoms with E-state index in [1.54, 1.807) is 0 Å². The van der Waals surface area contributed by atoms with Crippen molar-refractivity contribution in [1.29, 1.82) is 0 Å². The number of carbonyl (C=O) groups excluding carboxylic acids is 1. The number of nitrogens with zero attached hydrogens (tertiary/aromatic N) is 1. The molecule has 1 heterocycles. The fourth-order valence-corrected chi connectivity index (χ4v) is 3.57. The first kappa shape index (κ1) is 19.9. The van der Waals surface area contributed by atoms with Gasteiger partial charge in [0.2, 0.25) is 5.91 Å². The number of para-hydroxylation sites is 1. The van der Waals surface area contributed by atoms with Crippen LogP contribution in [0.2, 0.25) is 0 Å². The first-order chi connectivity index (χ1) is 13.7. The molecular weight excluding hydrogens is 372 g/mol. The fraction of sp³-hybridized carbons (Fsp3) is 0.273. The van der Waals surface area contributed by atoms with Gasteiger partial charge in [0.1, 0.15) is 11.5 Å². The molecule has 0 aliphatic heterocycles. The smallest absolute Gasteiger partial charge is 0.226 e. The summed E-state index contributed by atoms with van der Waals surface area (Å²) in [6.45, 7) is 5.11. The van der Waals surface area contributed by atoms with E-state index in [9.17, 15) is 4.79 Å². The van der Waals surface area contributed by atoms with Gasteiger partial charge in [-0.05, 0) is 56.7 Å². The van der Waals surface area contributed by atoms with E-state index in [1.165, 1.54) is 11.3 Å². The summed E-state index contributed by atoms with van der Waals surface area (Å²) in [6, 6.07) is 17.4. The van der Waals surface area contributed by atoms with Gasteiger partial charge in [0.05, 0.1) is 18.9 Å². The Morgan fingerprint density at radius 2 is 1.75 bits per heavy atom. The van der Waals surface area contributed by atoms with Crippen molar-refractivity contribution in [2.45, 2.75) is 26.7 Å². The predicted octanol–water partition coefficient (Wildman–Crippen LogP) is 5.31. The Morgan fingerprint density at radius 3 is 2.46 bits per heavy atom. The van der Waals surface area contributed by atoms with Crippen molar-refractivity contribution in [3.63, 3.8) is 0 Å². The predicted molar refractivity (Wildman–Crippen MR) is 113 cm³/mol. The lowest BCUT2D eigenvalue weighted by Crippen LogP contribution is -2.12. The Hall–Kier alpha value is -2.86. The third kappa shape index (κ3) is 5.57. The molecule has 2 aromatic carbocycles. The highest BCUT2D eigenvalue weighted by Gasteiger charge is 2.12. The Balaban J connectivity index is 1.50. The summed E-state index contributed by atoms with van der Waals surface area (Å²) in [5, 5.41) is 3.51. The molecule has 28 heavy (non-hydrogen) atoms. The molecule has 1 aromatic heterocycles. The number of hydrogen-bond acceptors (Lipinski definition) is 5. The molecule has 0 aliphatic carbocycles. The molecule has 0 spiro atoms. The highest BCUT2D eigenvalue weighted by molar-refractivity contribution is 7.16. The Kier molecular flexibility index (Phi) is 7.03. The fourth-order valence-electron chi connectivity index (χ4n) is 2.71. The van der Waals surface area contributed by atoms with Crippen LogP contribution in [0.1, 0.15) is 24.6 Å². The number of hydrogen-bond donors (Lipinski definition) is 1. The van der Waals surface area contributed by atoms with Crippen LogP contribution in [0.5, 0.6) is 11.5 Å². The minimum Gasteiger partial charge on any atom is -0.494 e. The molecular formula is C22H24N2O3S. The van der Waals surface area contributed by atoms with Crippen LogP contribution < -0.4 is 14.8 Å². The first-order valence-corrected chi connectivity index (χ1v) is 10.2. The van der Waals surface area contributed by atoms with E-state index < -0.39 is 0 Å². The molecule has 0 atom stereocenters. The molecule has 3 aromatic rings. The average molecular weight is 397 g/mol. The summed E-state index contributed by atoms with van der Waals surface area (Å²) in [7, 11) is 0. The van der Waals surface area contributed by atoms with E-state index in [1.807, 2.05) is 68.4 Å². The molecule has 0 saturated heterocycles. The molecule has 0 fully saturated rings. The number of ether oxygens (including phenoxy) is 2. The number of aryl methyl sites for hydroxylation is 1. The zero-order valence-corrected chi connectivity index (χ0v) is 16.9. The third-order valence-corrected chi connectivity index (χ3v) is 4.93. The summed E-state index contributed by atoms with van der Waals surface area (Å²) in [4.78, 5) is 17.8. The quantitative estimate of drug-likeness (QED) is 0.498. The monoisotopic (exact) mass is 396 g/mol. The number of anilines is 1. The minimum absolute atomic E-state index is 0.0522. The van der Waals surface area contributed by atoms with Crippen LogP contribution in [0, 0.1) is 6.92 Å². The van der Waals surface area contributed by atoms with Gasteiger partial charge in [-0.2, -0.15) is 0 Å². The van der Waals surface area contributed by atoms with E-state index >= 15 is 0 Å². The summed E-state index contributed by atoms with van der Waals surface area (Å²) >= 11 is 1.48. The van der Waals surface area contributed by atoms with Crippen LogP contribution in [0.15, 0.2) is 54.6 Å². The molecule has 0 radical (unpaired) electrons. The van der Waals surface area contributed by atoms with Crippen molar-refractivity contribution < 1.29 is 14.3 Å². The Bertz CT molecular complexity index is 892. The number of carbonyl (C=O) groups is 1. The van der Waals surface area contributed by atoms with Crippen LogP contribution in [-0.4, -0.2) is 24.1 Å². The Morgan fingerprint density at radius 1 is 1.04 bits per heavy atom. The van der Waals surface area contributed by atoms with Crippen molar-refractivity contribution in [3.8, 4) is 22.8 Å². The van der Waals surface area contributed by atoms with Crippen molar-refractivity contribution in [2.75, 3.05) is 18.5 Å². The second-order valence-electron chi connectivity index (χ2n) is 6.19. The summed E-state index contributed by atoms with van der Waals surface area (Å²) < 4.78 is 11.1. The number of thiazole rings is 1. The van der Waals surface area contributed by atoms with Crippen molar-refractivity contribution in [1.82, 2.24) is 4.98 Å². The second kappa shape index (κ2) is 9.90. The van der Waals surface area contributed by atoms with Gasteiger partial charge in [0.15, 0.2) is 5.13 Å². The maximum Gasteiger partial charge on any atom is 0.226 e. The lowest BCUT2D eigenvalue weighted by molar-refractivity contribution is -0.116. The lowest BCUT2D eigenvalue weighted by Gasteiger charge is -2.05. The Labute approximate surface area is 169 Å². The second-order valence-corrected chi connectivity index (χ2v) is 7.40. The van der Waals surface area contributed by atoms with Gasteiger partial charge < -0.3 is 14.8 Å². The van der Waals surface area contributed by atoms with Crippen molar-refractivity contribution in [3.05, 3.63) is 59.5 Å². The summed E-state index contributed by atoms with van der Waals surface area (Å²) in [5.74, 6) is 1.60. The maximum atomic E-state index is 12.2. The summed E-state index contributed by atoms with van der Waals surface area (Å²) in [6.07, 6.45) is 1.04. The van der Waals surface area contributed by atoms with E-state index in [4.69, 9.17) is 9.47 Å². The maximum absolute atomic E-state index is 12.2. The molecule has 5 nitrogen and oxygen atoms in total.